The van der Waals surface area contributed by atoms with Crippen LogP contribution >= 0.6 is 0 Å². The summed E-state index contributed by atoms with van der Waals surface area (Å²) >= 11 is 0. The average Bonchev–Trinajstić information content (AvgIpc) is 2.83. The molecule has 0 saturated carbocycles. The Hall–Kier alpha value is -1.94. The van der Waals surface area contributed by atoms with Crippen LogP contribution in [0, 0.1) is 5.92 Å². The predicted octanol–water partition coefficient (Wildman–Crippen LogP) is 2.58. The molecule has 4 nitrogen and oxygen atoms in total. The second-order valence-electron chi connectivity index (χ2n) is 6.09. The van der Waals surface area contributed by atoms with Crippen molar-refractivity contribution in [1.29, 1.82) is 0 Å². The lowest BCUT2D eigenvalue weighted by molar-refractivity contribution is -0.135. The summed E-state index contributed by atoms with van der Waals surface area (Å²) in [5.41, 5.74) is 1.18. The Labute approximate surface area is 131 Å². The molecule has 0 unspecified atom stereocenters. The minimum absolute atomic E-state index is 0.164. The van der Waals surface area contributed by atoms with E-state index in [1.165, 1.54) is 10.9 Å². The average molecular weight is 297 g/mol. The van der Waals surface area contributed by atoms with Crippen molar-refractivity contribution in [2.24, 2.45) is 5.92 Å². The van der Waals surface area contributed by atoms with E-state index >= 15 is 0 Å². The number of benzene rings is 1. The molecule has 1 aromatic carbocycles. The summed E-state index contributed by atoms with van der Waals surface area (Å²) in [6, 6.07) is 8.22. The summed E-state index contributed by atoms with van der Waals surface area (Å²) in [5.74, 6) is 0.436. The predicted molar refractivity (Wildman–Crippen MR) is 88.4 cm³/mol. The zero-order valence-electron chi connectivity index (χ0n) is 13.1. The van der Waals surface area contributed by atoms with Crippen LogP contribution in [0.25, 0.3) is 10.8 Å². The van der Waals surface area contributed by atoms with Crippen LogP contribution in [-0.2, 0) is 11.3 Å². The first-order valence-corrected chi connectivity index (χ1v) is 8.03. The first kappa shape index (κ1) is 15.0. The molecule has 22 heavy (non-hydrogen) atoms. The molecule has 1 fully saturated rings. The maximum atomic E-state index is 12.7. The van der Waals surface area contributed by atoms with Gasteiger partial charge in [0.15, 0.2) is 0 Å². The molecule has 1 N–H and O–H groups in total. The largest absolute Gasteiger partial charge is 0.341 e. The molecule has 1 aromatic heterocycles. The lowest BCUT2D eigenvalue weighted by Crippen LogP contribution is -2.33. The van der Waals surface area contributed by atoms with E-state index in [2.05, 4.69) is 22.4 Å². The fourth-order valence-corrected chi connectivity index (χ4v) is 3.24. The number of carbonyl (C=O) groups excluding carboxylic acids is 1. The summed E-state index contributed by atoms with van der Waals surface area (Å²) in [5, 5.41) is 5.67. The summed E-state index contributed by atoms with van der Waals surface area (Å²) in [6.45, 7) is 2.64. The van der Waals surface area contributed by atoms with Gasteiger partial charge in [-0.25, -0.2) is 0 Å². The number of nitrogens with zero attached hydrogens (tertiary/aromatic N) is 2. The number of amides is 1. The minimum atomic E-state index is 0.164. The Morgan fingerprint density at radius 3 is 3.14 bits per heavy atom. The Kier molecular flexibility index (Phi) is 4.68. The highest BCUT2D eigenvalue weighted by atomic mass is 16.2. The lowest BCUT2D eigenvalue weighted by Gasteiger charge is -2.23. The number of hydrogen-bond donors (Lipinski definition) is 1. The van der Waals surface area contributed by atoms with Crippen LogP contribution < -0.4 is 5.32 Å². The topological polar surface area (TPSA) is 45.2 Å². The van der Waals surface area contributed by atoms with Gasteiger partial charge in [-0.05, 0) is 49.4 Å². The van der Waals surface area contributed by atoms with Crippen molar-refractivity contribution in [3.8, 4) is 0 Å². The maximum Gasteiger partial charge on any atom is 0.225 e. The van der Waals surface area contributed by atoms with E-state index in [4.69, 9.17) is 0 Å². The highest BCUT2D eigenvalue weighted by Gasteiger charge is 2.23. The van der Waals surface area contributed by atoms with Crippen molar-refractivity contribution in [1.82, 2.24) is 15.2 Å². The fourth-order valence-electron chi connectivity index (χ4n) is 3.24. The van der Waals surface area contributed by atoms with E-state index in [-0.39, 0.29) is 11.8 Å². The normalized spacial score (nSPS) is 18.9. The van der Waals surface area contributed by atoms with E-state index in [0.29, 0.717) is 6.54 Å². The van der Waals surface area contributed by atoms with Crippen LogP contribution in [0.4, 0.5) is 0 Å². The van der Waals surface area contributed by atoms with Crippen molar-refractivity contribution >= 4 is 16.7 Å². The fraction of sp³-hybridized carbons (Fsp3) is 0.444. The van der Waals surface area contributed by atoms with Gasteiger partial charge in [-0.15, -0.1) is 0 Å². The number of fused-ring (bicyclic) bond motifs is 1. The molecule has 0 spiro atoms. The van der Waals surface area contributed by atoms with Crippen molar-refractivity contribution in [3.05, 3.63) is 42.2 Å². The van der Waals surface area contributed by atoms with Gasteiger partial charge < -0.3 is 10.2 Å². The summed E-state index contributed by atoms with van der Waals surface area (Å²) < 4.78 is 0. The molecule has 1 aliphatic heterocycles. The SMILES string of the molecule is CN(Cc1cccc2cnccc12)C(=O)[C@@H]1CCCNCC1. The maximum absolute atomic E-state index is 12.7. The van der Waals surface area contributed by atoms with Crippen molar-refractivity contribution < 1.29 is 4.79 Å². The van der Waals surface area contributed by atoms with E-state index in [9.17, 15) is 4.79 Å². The molecule has 1 saturated heterocycles. The molecule has 2 heterocycles. The summed E-state index contributed by atoms with van der Waals surface area (Å²) in [7, 11) is 1.92. The molecule has 0 aliphatic carbocycles. The van der Waals surface area contributed by atoms with Gasteiger partial charge in [0.25, 0.3) is 0 Å². The van der Waals surface area contributed by atoms with Gasteiger partial charge in [0.1, 0.15) is 0 Å². The first-order chi connectivity index (χ1) is 10.8. The smallest absolute Gasteiger partial charge is 0.225 e. The third kappa shape index (κ3) is 3.28. The Morgan fingerprint density at radius 2 is 2.23 bits per heavy atom. The third-order valence-corrected chi connectivity index (χ3v) is 4.48. The molecular weight excluding hydrogens is 274 g/mol. The summed E-state index contributed by atoms with van der Waals surface area (Å²) in [6.07, 6.45) is 6.71. The second-order valence-corrected chi connectivity index (χ2v) is 6.09. The van der Waals surface area contributed by atoms with Gasteiger partial charge in [-0.3, -0.25) is 9.78 Å². The number of rotatable bonds is 3. The van der Waals surface area contributed by atoms with E-state index in [0.717, 1.165) is 37.7 Å². The monoisotopic (exact) mass is 297 g/mol. The van der Waals surface area contributed by atoms with Gasteiger partial charge in [0.2, 0.25) is 5.91 Å². The van der Waals surface area contributed by atoms with Gasteiger partial charge in [-0.1, -0.05) is 18.2 Å². The highest BCUT2D eigenvalue weighted by Crippen LogP contribution is 2.21. The molecular formula is C18H23N3O. The van der Waals surface area contributed by atoms with Crippen LogP contribution in [0.2, 0.25) is 0 Å². The molecule has 2 aromatic rings. The molecule has 1 atom stereocenters. The van der Waals surface area contributed by atoms with Gasteiger partial charge in [0, 0.05) is 37.3 Å². The summed E-state index contributed by atoms with van der Waals surface area (Å²) in [4.78, 5) is 18.7. The Bertz CT molecular complexity index is 642. The number of pyridine rings is 1. The standard InChI is InChI=1S/C18H23N3O/c1-21(18(22)14-6-3-9-19-10-7-14)13-16-5-2-4-15-12-20-11-8-17(15)16/h2,4-5,8,11-12,14,19H,3,6-7,9-10,13H2,1H3/t14-/m1/s1. The molecule has 1 amide bonds. The quantitative estimate of drug-likeness (QED) is 0.947. The van der Waals surface area contributed by atoms with Gasteiger partial charge in [0.05, 0.1) is 0 Å². The van der Waals surface area contributed by atoms with Gasteiger partial charge in [-0.2, -0.15) is 0 Å². The lowest BCUT2D eigenvalue weighted by atomic mass is 9.98. The first-order valence-electron chi connectivity index (χ1n) is 8.03. The third-order valence-electron chi connectivity index (χ3n) is 4.48. The molecule has 4 heteroatoms. The molecule has 3 rings (SSSR count). The zero-order chi connectivity index (χ0) is 15.4. The van der Waals surface area contributed by atoms with Crippen molar-refractivity contribution in [2.75, 3.05) is 20.1 Å². The van der Waals surface area contributed by atoms with E-state index in [1.54, 1.807) is 0 Å². The second kappa shape index (κ2) is 6.88. The Balaban J connectivity index is 1.74. The van der Waals surface area contributed by atoms with Crippen LogP contribution in [0.15, 0.2) is 36.7 Å². The van der Waals surface area contributed by atoms with E-state index < -0.39 is 0 Å². The van der Waals surface area contributed by atoms with Crippen LogP contribution in [0.5, 0.6) is 0 Å². The minimum Gasteiger partial charge on any atom is -0.341 e. The molecule has 0 radical (unpaired) electrons. The highest BCUT2D eigenvalue weighted by molar-refractivity contribution is 5.85. The van der Waals surface area contributed by atoms with E-state index in [1.807, 2.05) is 36.5 Å². The molecule has 0 bridgehead atoms. The number of aromatic nitrogens is 1. The Morgan fingerprint density at radius 1 is 1.32 bits per heavy atom. The molecule has 116 valence electrons. The van der Waals surface area contributed by atoms with Crippen molar-refractivity contribution in [2.45, 2.75) is 25.8 Å². The van der Waals surface area contributed by atoms with Crippen LogP contribution in [-0.4, -0.2) is 35.9 Å². The number of hydrogen-bond acceptors (Lipinski definition) is 3. The zero-order valence-corrected chi connectivity index (χ0v) is 13.1. The number of carbonyl (C=O) groups is 1. The number of nitrogens with one attached hydrogen (secondary N) is 1. The molecule has 1 aliphatic rings. The van der Waals surface area contributed by atoms with Crippen LogP contribution in [0.3, 0.4) is 0 Å². The van der Waals surface area contributed by atoms with Crippen LogP contribution in [0.1, 0.15) is 24.8 Å². The van der Waals surface area contributed by atoms with Crippen molar-refractivity contribution in [3.63, 3.8) is 0 Å². The van der Waals surface area contributed by atoms with Gasteiger partial charge >= 0.3 is 0 Å².